The van der Waals surface area contributed by atoms with E-state index < -0.39 is 36.0 Å². The summed E-state index contributed by atoms with van der Waals surface area (Å²) in [6.45, 7) is 2.17. The van der Waals surface area contributed by atoms with Crippen LogP contribution >= 0.6 is 0 Å². The second kappa shape index (κ2) is 10.9. The number of aliphatic hydroxyl groups is 2. The maximum Gasteiger partial charge on any atom is 0.275 e. The Kier molecular flexibility index (Phi) is 8.22. The number of amides is 3. The van der Waals surface area contributed by atoms with Crippen molar-refractivity contribution in [2.24, 2.45) is 5.73 Å². The molecule has 176 valence electrons. The molecule has 0 spiro atoms. The number of hydrogen-bond donors (Lipinski definition) is 4. The van der Waals surface area contributed by atoms with Crippen LogP contribution in [-0.4, -0.2) is 81.8 Å². The van der Waals surface area contributed by atoms with Crippen molar-refractivity contribution in [2.45, 2.75) is 62.8 Å². The minimum Gasteiger partial charge on any atom is -0.383 e. The maximum atomic E-state index is 13.2. The number of piperazine rings is 1. The summed E-state index contributed by atoms with van der Waals surface area (Å²) in [4.78, 5) is 41.1. The van der Waals surface area contributed by atoms with Crippen molar-refractivity contribution in [2.75, 3.05) is 26.2 Å². The molecule has 3 amide bonds. The highest BCUT2D eigenvalue weighted by Crippen LogP contribution is 2.24. The van der Waals surface area contributed by atoms with E-state index in [-0.39, 0.29) is 6.42 Å². The van der Waals surface area contributed by atoms with Gasteiger partial charge in [0, 0.05) is 38.6 Å². The van der Waals surface area contributed by atoms with Crippen LogP contribution in [0, 0.1) is 0 Å². The first kappa shape index (κ1) is 24.2. The van der Waals surface area contributed by atoms with Crippen molar-refractivity contribution >= 4 is 17.7 Å². The number of nitrogens with zero attached hydrogens (tertiary/aromatic N) is 2. The number of nitrogens with two attached hydrogens (primary N) is 1. The SMILES string of the molecule is NC(=O)C(O)C[C@](O)(NC(=O)Cc1ccccc1)C(=O)N1CCN(C2CCCCC2)CC1. The Morgan fingerprint density at radius 1 is 1.06 bits per heavy atom. The van der Waals surface area contributed by atoms with Crippen molar-refractivity contribution in [3.05, 3.63) is 35.9 Å². The van der Waals surface area contributed by atoms with Crippen LogP contribution in [-0.2, 0) is 20.8 Å². The fourth-order valence-corrected chi connectivity index (χ4v) is 4.63. The number of carbonyl (C=O) groups excluding carboxylic acids is 3. The number of nitrogens with one attached hydrogen (secondary N) is 1. The van der Waals surface area contributed by atoms with Gasteiger partial charge < -0.3 is 26.2 Å². The molecule has 1 aliphatic carbocycles. The summed E-state index contributed by atoms with van der Waals surface area (Å²) in [5.74, 6) is -2.40. The van der Waals surface area contributed by atoms with Gasteiger partial charge in [0.1, 0.15) is 6.10 Å². The van der Waals surface area contributed by atoms with Gasteiger partial charge >= 0.3 is 0 Å². The summed E-state index contributed by atoms with van der Waals surface area (Å²) in [5.41, 5.74) is 3.41. The van der Waals surface area contributed by atoms with Crippen LogP contribution in [0.5, 0.6) is 0 Å². The van der Waals surface area contributed by atoms with Crippen LogP contribution in [0.15, 0.2) is 30.3 Å². The number of hydrogen-bond acceptors (Lipinski definition) is 6. The zero-order valence-corrected chi connectivity index (χ0v) is 18.4. The predicted molar refractivity (Wildman–Crippen MR) is 118 cm³/mol. The lowest BCUT2D eigenvalue weighted by atomic mass is 9.93. The van der Waals surface area contributed by atoms with Crippen LogP contribution in [0.4, 0.5) is 0 Å². The fraction of sp³-hybridized carbons (Fsp3) is 0.609. The topological polar surface area (TPSA) is 136 Å². The largest absolute Gasteiger partial charge is 0.383 e. The molecular formula is C23H34N4O5. The van der Waals surface area contributed by atoms with Gasteiger partial charge in [-0.15, -0.1) is 0 Å². The van der Waals surface area contributed by atoms with Crippen molar-refractivity contribution in [3.8, 4) is 0 Å². The molecule has 1 saturated carbocycles. The lowest BCUT2D eigenvalue weighted by molar-refractivity contribution is -0.165. The van der Waals surface area contributed by atoms with E-state index >= 15 is 0 Å². The molecule has 1 aromatic carbocycles. The zero-order valence-electron chi connectivity index (χ0n) is 18.4. The van der Waals surface area contributed by atoms with Gasteiger partial charge in [-0.25, -0.2) is 0 Å². The molecule has 0 aromatic heterocycles. The normalized spacial score (nSPS) is 20.9. The van der Waals surface area contributed by atoms with Gasteiger partial charge in [-0.2, -0.15) is 0 Å². The van der Waals surface area contributed by atoms with Crippen molar-refractivity contribution in [3.63, 3.8) is 0 Å². The van der Waals surface area contributed by atoms with E-state index in [1.54, 1.807) is 24.3 Å². The Labute approximate surface area is 188 Å². The summed E-state index contributed by atoms with van der Waals surface area (Å²) in [5, 5.41) is 23.4. The molecular weight excluding hydrogens is 412 g/mol. The second-order valence-electron chi connectivity index (χ2n) is 8.81. The predicted octanol–water partition coefficient (Wildman–Crippen LogP) is -0.253. The average Bonchev–Trinajstić information content (AvgIpc) is 2.79. The molecule has 1 heterocycles. The molecule has 0 radical (unpaired) electrons. The molecule has 2 aliphatic rings. The summed E-state index contributed by atoms with van der Waals surface area (Å²) < 4.78 is 0. The number of carbonyl (C=O) groups is 3. The molecule has 2 fully saturated rings. The van der Waals surface area contributed by atoms with E-state index in [2.05, 4.69) is 10.2 Å². The Morgan fingerprint density at radius 2 is 1.69 bits per heavy atom. The average molecular weight is 447 g/mol. The molecule has 3 rings (SSSR count). The van der Waals surface area contributed by atoms with Crippen LogP contribution < -0.4 is 11.1 Å². The molecule has 1 aliphatic heterocycles. The monoisotopic (exact) mass is 446 g/mol. The number of aliphatic hydroxyl groups excluding tert-OH is 1. The van der Waals surface area contributed by atoms with Gasteiger partial charge in [0.25, 0.3) is 5.91 Å². The summed E-state index contributed by atoms with van der Waals surface area (Å²) >= 11 is 0. The third-order valence-corrected chi connectivity index (χ3v) is 6.42. The van der Waals surface area contributed by atoms with Gasteiger partial charge in [0.05, 0.1) is 6.42 Å². The first-order valence-electron chi connectivity index (χ1n) is 11.4. The Hall–Kier alpha value is -2.49. The van der Waals surface area contributed by atoms with Gasteiger partial charge in [-0.3, -0.25) is 19.3 Å². The summed E-state index contributed by atoms with van der Waals surface area (Å²) in [7, 11) is 0. The lowest BCUT2D eigenvalue weighted by Crippen LogP contribution is -2.64. The van der Waals surface area contributed by atoms with E-state index in [1.807, 2.05) is 6.07 Å². The molecule has 0 bridgehead atoms. The molecule has 2 atom stereocenters. The summed E-state index contributed by atoms with van der Waals surface area (Å²) in [6.07, 6.45) is 3.51. The van der Waals surface area contributed by atoms with E-state index in [4.69, 9.17) is 5.73 Å². The van der Waals surface area contributed by atoms with Crippen LogP contribution in [0.2, 0.25) is 0 Å². The third kappa shape index (κ3) is 6.27. The minimum atomic E-state index is -2.42. The molecule has 1 saturated heterocycles. The molecule has 9 nitrogen and oxygen atoms in total. The van der Waals surface area contributed by atoms with E-state index in [1.165, 1.54) is 24.2 Å². The van der Waals surface area contributed by atoms with Crippen LogP contribution in [0.3, 0.4) is 0 Å². The molecule has 5 N–H and O–H groups in total. The molecule has 1 unspecified atom stereocenters. The smallest absolute Gasteiger partial charge is 0.275 e. The minimum absolute atomic E-state index is 0.0570. The Morgan fingerprint density at radius 3 is 2.28 bits per heavy atom. The second-order valence-corrected chi connectivity index (χ2v) is 8.81. The van der Waals surface area contributed by atoms with Crippen LogP contribution in [0.25, 0.3) is 0 Å². The van der Waals surface area contributed by atoms with Gasteiger partial charge in [-0.1, -0.05) is 49.6 Å². The number of primary amides is 1. The first-order chi connectivity index (χ1) is 15.3. The van der Waals surface area contributed by atoms with Crippen molar-refractivity contribution in [1.29, 1.82) is 0 Å². The highest BCUT2D eigenvalue weighted by atomic mass is 16.3. The molecule has 9 heteroatoms. The third-order valence-electron chi connectivity index (χ3n) is 6.42. The van der Waals surface area contributed by atoms with E-state index in [0.29, 0.717) is 37.8 Å². The number of benzene rings is 1. The van der Waals surface area contributed by atoms with Gasteiger partial charge in [0.2, 0.25) is 17.5 Å². The maximum absolute atomic E-state index is 13.2. The van der Waals surface area contributed by atoms with E-state index in [9.17, 15) is 24.6 Å². The highest BCUT2D eigenvalue weighted by Gasteiger charge is 2.44. The van der Waals surface area contributed by atoms with Gasteiger partial charge in [-0.05, 0) is 18.4 Å². The zero-order chi connectivity index (χ0) is 23.1. The van der Waals surface area contributed by atoms with E-state index in [0.717, 1.165) is 12.8 Å². The van der Waals surface area contributed by atoms with Crippen LogP contribution in [0.1, 0.15) is 44.1 Å². The quantitative estimate of drug-likeness (QED) is 0.407. The molecule has 1 aromatic rings. The van der Waals surface area contributed by atoms with Crippen molar-refractivity contribution in [1.82, 2.24) is 15.1 Å². The van der Waals surface area contributed by atoms with Gasteiger partial charge in [0.15, 0.2) is 0 Å². The van der Waals surface area contributed by atoms with Crippen molar-refractivity contribution < 1.29 is 24.6 Å². The highest BCUT2D eigenvalue weighted by molar-refractivity contribution is 5.91. The summed E-state index contributed by atoms with van der Waals surface area (Å²) in [6, 6.07) is 9.41. The Balaban J connectivity index is 1.66. The number of rotatable bonds is 8. The fourth-order valence-electron chi connectivity index (χ4n) is 4.63. The standard InChI is InChI=1S/C23H34N4O5/c24-21(30)19(28)16-23(32,25-20(29)15-17-7-3-1-4-8-17)22(31)27-13-11-26(12-14-27)18-9-5-2-6-10-18/h1,3-4,7-8,18-19,28,32H,2,5-6,9-16H2,(H2,24,30)(H,25,29)/t19?,23-/m1/s1. The molecule has 32 heavy (non-hydrogen) atoms. The first-order valence-corrected chi connectivity index (χ1v) is 11.4. The Bertz CT molecular complexity index is 791. The lowest BCUT2D eigenvalue weighted by Gasteiger charge is -2.43.